The minimum Gasteiger partial charge on any atom is -0.497 e. The van der Waals surface area contributed by atoms with Crippen molar-refractivity contribution in [3.8, 4) is 5.75 Å². The van der Waals surface area contributed by atoms with E-state index in [0.29, 0.717) is 19.6 Å². The van der Waals surface area contributed by atoms with Crippen LogP contribution in [0.2, 0.25) is 0 Å². The first-order chi connectivity index (χ1) is 15.6. The van der Waals surface area contributed by atoms with Crippen LogP contribution >= 0.6 is 0 Å². The molecule has 32 heavy (non-hydrogen) atoms. The van der Waals surface area contributed by atoms with Gasteiger partial charge >= 0.3 is 0 Å². The molecule has 2 amide bonds. The van der Waals surface area contributed by atoms with Gasteiger partial charge in [-0.2, -0.15) is 0 Å². The molecule has 1 aromatic carbocycles. The number of carbonyl (C=O) groups excluding carboxylic acids is 2. The summed E-state index contributed by atoms with van der Waals surface area (Å²) in [7, 11) is 1.61. The highest BCUT2D eigenvalue weighted by atomic mass is 16.5. The van der Waals surface area contributed by atoms with Crippen LogP contribution in [0.25, 0.3) is 0 Å². The van der Waals surface area contributed by atoms with Crippen LogP contribution in [0.5, 0.6) is 5.75 Å². The zero-order chi connectivity index (χ0) is 22.8. The van der Waals surface area contributed by atoms with E-state index >= 15 is 0 Å². The fourth-order valence-electron chi connectivity index (χ4n) is 3.81. The second-order valence-corrected chi connectivity index (χ2v) is 8.18. The third kappa shape index (κ3) is 7.12. The van der Waals surface area contributed by atoms with Crippen molar-refractivity contribution in [3.63, 3.8) is 0 Å². The van der Waals surface area contributed by atoms with Gasteiger partial charge in [0.1, 0.15) is 11.5 Å². The van der Waals surface area contributed by atoms with Crippen molar-refractivity contribution < 1.29 is 23.5 Å². The maximum atomic E-state index is 13.3. The molecule has 1 aliphatic heterocycles. The zero-order valence-corrected chi connectivity index (χ0v) is 19.1. The highest BCUT2D eigenvalue weighted by Crippen LogP contribution is 2.17. The van der Waals surface area contributed by atoms with Gasteiger partial charge < -0.3 is 23.7 Å². The first-order valence-corrected chi connectivity index (χ1v) is 11.4. The second-order valence-electron chi connectivity index (χ2n) is 8.18. The third-order valence-corrected chi connectivity index (χ3v) is 5.70. The van der Waals surface area contributed by atoms with Crippen molar-refractivity contribution in [1.82, 2.24) is 9.80 Å². The smallest absolute Gasteiger partial charge is 0.242 e. The van der Waals surface area contributed by atoms with E-state index in [0.717, 1.165) is 49.4 Å². The lowest BCUT2D eigenvalue weighted by molar-refractivity contribution is -0.141. The Kier molecular flexibility index (Phi) is 9.16. The number of methoxy groups -OCH3 is 1. The Labute approximate surface area is 190 Å². The first-order valence-electron chi connectivity index (χ1n) is 11.4. The molecule has 7 nitrogen and oxygen atoms in total. The summed E-state index contributed by atoms with van der Waals surface area (Å²) in [6.45, 7) is 4.31. The van der Waals surface area contributed by atoms with E-state index in [9.17, 15) is 9.59 Å². The van der Waals surface area contributed by atoms with Crippen molar-refractivity contribution in [2.24, 2.45) is 0 Å². The van der Waals surface area contributed by atoms with E-state index in [4.69, 9.17) is 13.9 Å². The third-order valence-electron chi connectivity index (χ3n) is 5.70. The van der Waals surface area contributed by atoms with E-state index in [1.807, 2.05) is 36.4 Å². The summed E-state index contributed by atoms with van der Waals surface area (Å²) in [6, 6.07) is 11.1. The molecule has 0 radical (unpaired) electrons. The van der Waals surface area contributed by atoms with Crippen LogP contribution < -0.4 is 4.74 Å². The van der Waals surface area contributed by atoms with Gasteiger partial charge in [-0.05, 0) is 49.1 Å². The molecule has 1 atom stereocenters. The molecule has 2 aromatic rings. The molecular formula is C25H34N2O5. The van der Waals surface area contributed by atoms with Crippen molar-refractivity contribution >= 4 is 11.8 Å². The van der Waals surface area contributed by atoms with Crippen LogP contribution in [-0.2, 0) is 27.3 Å². The molecule has 1 unspecified atom stereocenters. The quantitative estimate of drug-likeness (QED) is 0.502. The van der Waals surface area contributed by atoms with Gasteiger partial charge in [0.25, 0.3) is 0 Å². The average Bonchev–Trinajstić information content (AvgIpc) is 3.51. The lowest BCUT2D eigenvalue weighted by Crippen LogP contribution is -2.45. The summed E-state index contributed by atoms with van der Waals surface area (Å²) >= 11 is 0. The number of nitrogens with zero attached hydrogens (tertiary/aromatic N) is 2. The molecule has 1 fully saturated rings. The van der Waals surface area contributed by atoms with Gasteiger partial charge in [-0.3, -0.25) is 9.59 Å². The van der Waals surface area contributed by atoms with Crippen LogP contribution in [0.3, 0.4) is 0 Å². The molecule has 0 spiro atoms. The molecule has 1 saturated heterocycles. The highest BCUT2D eigenvalue weighted by molar-refractivity contribution is 5.86. The molecule has 2 heterocycles. The summed E-state index contributed by atoms with van der Waals surface area (Å²) in [4.78, 5) is 29.8. The first kappa shape index (κ1) is 23.9. The summed E-state index contributed by atoms with van der Waals surface area (Å²) in [5, 5.41) is 0. The Balaban J connectivity index is 1.66. The minimum atomic E-state index is -0.0870. The predicted octanol–water partition coefficient (Wildman–Crippen LogP) is 3.67. The average molecular weight is 443 g/mol. The van der Waals surface area contributed by atoms with Crippen molar-refractivity contribution in [2.45, 2.75) is 51.7 Å². The number of hydrogen-bond acceptors (Lipinski definition) is 5. The van der Waals surface area contributed by atoms with E-state index in [1.54, 1.807) is 23.2 Å². The van der Waals surface area contributed by atoms with Gasteiger partial charge in [-0.15, -0.1) is 0 Å². The molecule has 3 rings (SSSR count). The van der Waals surface area contributed by atoms with Gasteiger partial charge in [0.15, 0.2) is 0 Å². The monoisotopic (exact) mass is 442 g/mol. The maximum Gasteiger partial charge on any atom is 0.242 e. The standard InChI is InChI=1S/C25H34N2O5/c1-3-4-13-26(24(28)16-20-9-11-21(30-2)12-10-20)19-25(29)27(17-22-7-5-14-31-22)18-23-8-6-15-32-23/h5,7,9-12,14,23H,3-4,6,8,13,15-19H2,1-2H3. The molecule has 1 aliphatic rings. The van der Waals surface area contributed by atoms with Crippen LogP contribution in [0.4, 0.5) is 0 Å². The molecule has 1 aromatic heterocycles. The van der Waals surface area contributed by atoms with Crippen molar-refractivity contribution in [2.75, 3.05) is 33.4 Å². The highest BCUT2D eigenvalue weighted by Gasteiger charge is 2.26. The van der Waals surface area contributed by atoms with Gasteiger partial charge in [-0.25, -0.2) is 0 Å². The number of amides is 2. The van der Waals surface area contributed by atoms with E-state index < -0.39 is 0 Å². The lowest BCUT2D eigenvalue weighted by atomic mass is 10.1. The van der Waals surface area contributed by atoms with Crippen LogP contribution in [0, 0.1) is 0 Å². The molecular weight excluding hydrogens is 408 g/mol. The number of benzene rings is 1. The Hall–Kier alpha value is -2.80. The van der Waals surface area contributed by atoms with Crippen molar-refractivity contribution in [1.29, 1.82) is 0 Å². The number of carbonyl (C=O) groups is 2. The number of rotatable bonds is 12. The van der Waals surface area contributed by atoms with Gasteiger partial charge in [-0.1, -0.05) is 25.5 Å². The fourth-order valence-corrected chi connectivity index (χ4v) is 3.81. The Morgan fingerprint density at radius 1 is 1.12 bits per heavy atom. The number of ether oxygens (including phenoxy) is 2. The summed E-state index contributed by atoms with van der Waals surface area (Å²) in [5.41, 5.74) is 0.900. The molecule has 0 N–H and O–H groups in total. The van der Waals surface area contributed by atoms with Gasteiger partial charge in [0, 0.05) is 19.7 Å². The van der Waals surface area contributed by atoms with Gasteiger partial charge in [0.2, 0.25) is 11.8 Å². The van der Waals surface area contributed by atoms with E-state index in [-0.39, 0.29) is 30.9 Å². The molecule has 174 valence electrons. The van der Waals surface area contributed by atoms with Crippen molar-refractivity contribution in [3.05, 3.63) is 54.0 Å². The summed E-state index contributed by atoms with van der Waals surface area (Å²) in [6.07, 6.45) is 5.65. The largest absolute Gasteiger partial charge is 0.497 e. The summed E-state index contributed by atoms with van der Waals surface area (Å²) < 4.78 is 16.4. The molecule has 0 aliphatic carbocycles. The Bertz CT molecular complexity index is 829. The van der Waals surface area contributed by atoms with Gasteiger partial charge in [0.05, 0.1) is 39.0 Å². The van der Waals surface area contributed by atoms with E-state index in [2.05, 4.69) is 6.92 Å². The zero-order valence-electron chi connectivity index (χ0n) is 19.1. The Morgan fingerprint density at radius 2 is 1.94 bits per heavy atom. The van der Waals surface area contributed by atoms with Crippen LogP contribution in [-0.4, -0.2) is 61.1 Å². The van der Waals surface area contributed by atoms with Crippen LogP contribution in [0.15, 0.2) is 47.1 Å². The molecule has 0 bridgehead atoms. The SMILES string of the molecule is CCCCN(CC(=O)N(Cc1ccco1)CC1CCCO1)C(=O)Cc1ccc(OC)cc1. The number of unbranched alkanes of at least 4 members (excludes halogenated alkanes) is 1. The van der Waals surface area contributed by atoms with E-state index in [1.165, 1.54) is 0 Å². The van der Waals surface area contributed by atoms with Crippen LogP contribution in [0.1, 0.15) is 43.9 Å². The molecule has 0 saturated carbocycles. The second kappa shape index (κ2) is 12.3. The predicted molar refractivity (Wildman–Crippen MR) is 121 cm³/mol. The summed E-state index contributed by atoms with van der Waals surface area (Å²) in [5.74, 6) is 1.34. The Morgan fingerprint density at radius 3 is 2.56 bits per heavy atom. The lowest BCUT2D eigenvalue weighted by Gasteiger charge is -2.29. The normalized spacial score (nSPS) is 15.5. The topological polar surface area (TPSA) is 72.2 Å². The number of furan rings is 1. The fraction of sp³-hybridized carbons (Fsp3) is 0.520. The maximum absolute atomic E-state index is 13.3. The minimum absolute atomic E-state index is 0.0352. The molecule has 7 heteroatoms. The number of hydrogen-bond donors (Lipinski definition) is 0.